The largest absolute Gasteiger partial charge is 0.461 e. The molecule has 10 heteroatoms. The Bertz CT molecular complexity index is 902. The van der Waals surface area contributed by atoms with Crippen LogP contribution in [0.2, 0.25) is 0 Å². The number of furan rings is 1. The molecular weight excluding hydrogens is 346 g/mol. The summed E-state index contributed by atoms with van der Waals surface area (Å²) in [5.41, 5.74) is 0.117. The number of hydrogen-bond acceptors (Lipinski definition) is 7. The number of nitrogens with zero attached hydrogens (tertiary/aromatic N) is 3. The predicted octanol–water partition coefficient (Wildman–Crippen LogP) is 0.922. The number of thioether (sulfide) groups is 1. The van der Waals surface area contributed by atoms with Crippen LogP contribution in [-0.4, -0.2) is 51.5 Å². The van der Waals surface area contributed by atoms with Crippen LogP contribution in [0.25, 0.3) is 17.2 Å². The number of nitrogens with one attached hydrogen (secondary N) is 2. The van der Waals surface area contributed by atoms with Gasteiger partial charge >= 0.3 is 0 Å². The number of amides is 1. The van der Waals surface area contributed by atoms with Crippen molar-refractivity contribution in [3.05, 3.63) is 34.8 Å². The fourth-order valence-electron chi connectivity index (χ4n) is 2.12. The van der Waals surface area contributed by atoms with Crippen LogP contribution < -0.4 is 10.9 Å². The molecule has 0 saturated heterocycles. The van der Waals surface area contributed by atoms with Gasteiger partial charge in [0.25, 0.3) is 5.56 Å². The number of hydrogen-bond donors (Lipinski definition) is 2. The van der Waals surface area contributed by atoms with Crippen LogP contribution in [0.4, 0.5) is 0 Å². The van der Waals surface area contributed by atoms with Crippen molar-refractivity contribution in [3.8, 4) is 11.6 Å². The number of carbonyl (C=O) groups excluding carboxylic acids is 1. The lowest BCUT2D eigenvalue weighted by atomic mass is 10.4. The monoisotopic (exact) mass is 363 g/mol. The smallest absolute Gasteiger partial charge is 0.266 e. The van der Waals surface area contributed by atoms with Gasteiger partial charge in [0.1, 0.15) is 0 Å². The van der Waals surface area contributed by atoms with Crippen LogP contribution in [0.5, 0.6) is 0 Å². The molecule has 0 aliphatic rings. The summed E-state index contributed by atoms with van der Waals surface area (Å²) in [4.78, 5) is 32.2. The van der Waals surface area contributed by atoms with E-state index in [0.29, 0.717) is 35.5 Å². The van der Waals surface area contributed by atoms with Gasteiger partial charge in [0.2, 0.25) is 5.91 Å². The second-order valence-electron chi connectivity index (χ2n) is 5.11. The Morgan fingerprint density at radius 2 is 2.36 bits per heavy atom. The van der Waals surface area contributed by atoms with E-state index >= 15 is 0 Å². The third-order valence-electron chi connectivity index (χ3n) is 3.25. The average Bonchev–Trinajstić information content (AvgIpc) is 3.25. The molecule has 25 heavy (non-hydrogen) atoms. The highest BCUT2D eigenvalue weighted by Gasteiger charge is 2.14. The Balaban J connectivity index is 1.75. The van der Waals surface area contributed by atoms with Gasteiger partial charge in [-0.25, -0.2) is 9.50 Å². The van der Waals surface area contributed by atoms with Crippen LogP contribution in [0.1, 0.15) is 6.42 Å². The first-order chi connectivity index (χ1) is 12.2. The molecule has 0 spiro atoms. The standard InChI is InChI=1S/C15H17N5O4S/c1-23-6-3-5-16-13(22)9-25-15-18-14(10-4-2-7-24-10)17-11-8-12(21)19-20(11)15/h2,4,7-8H,3,5-6,9H2,1H3,(H,16,22)(H,19,21). The van der Waals surface area contributed by atoms with E-state index in [-0.39, 0.29) is 17.2 Å². The molecule has 0 saturated carbocycles. The minimum Gasteiger partial charge on any atom is -0.461 e. The van der Waals surface area contributed by atoms with Gasteiger partial charge in [-0.3, -0.25) is 14.7 Å². The van der Waals surface area contributed by atoms with Crippen molar-refractivity contribution >= 4 is 23.3 Å². The van der Waals surface area contributed by atoms with E-state index in [4.69, 9.17) is 9.15 Å². The molecule has 2 N–H and O–H groups in total. The molecule has 3 rings (SSSR count). The van der Waals surface area contributed by atoms with E-state index in [1.54, 1.807) is 19.2 Å². The van der Waals surface area contributed by atoms with Crippen molar-refractivity contribution in [1.29, 1.82) is 0 Å². The highest BCUT2D eigenvalue weighted by molar-refractivity contribution is 7.99. The Labute approximate surface area is 146 Å². The van der Waals surface area contributed by atoms with Gasteiger partial charge in [0.05, 0.1) is 12.0 Å². The van der Waals surface area contributed by atoms with E-state index in [1.165, 1.54) is 28.6 Å². The van der Waals surface area contributed by atoms with Gasteiger partial charge in [0.15, 0.2) is 22.4 Å². The number of rotatable bonds is 8. The van der Waals surface area contributed by atoms with Crippen molar-refractivity contribution in [2.24, 2.45) is 0 Å². The summed E-state index contributed by atoms with van der Waals surface area (Å²) >= 11 is 1.20. The molecule has 0 atom stereocenters. The molecule has 0 aliphatic heterocycles. The van der Waals surface area contributed by atoms with Crippen molar-refractivity contribution in [2.45, 2.75) is 11.6 Å². The van der Waals surface area contributed by atoms with Gasteiger partial charge in [-0.1, -0.05) is 11.8 Å². The van der Waals surface area contributed by atoms with E-state index < -0.39 is 0 Å². The molecule has 0 aromatic carbocycles. The number of ether oxygens (including phenoxy) is 1. The minimum atomic E-state index is -0.295. The number of aromatic nitrogens is 4. The first-order valence-corrected chi connectivity index (χ1v) is 8.58. The fourth-order valence-corrected chi connectivity index (χ4v) is 2.90. The van der Waals surface area contributed by atoms with E-state index in [9.17, 15) is 9.59 Å². The molecule has 0 bridgehead atoms. The SMILES string of the molecule is COCCCNC(=O)CSc1nc(-c2ccco2)nc2cc(=O)[nH]n12. The summed E-state index contributed by atoms with van der Waals surface area (Å²) in [5, 5.41) is 5.87. The molecule has 0 radical (unpaired) electrons. The molecule has 3 aromatic heterocycles. The van der Waals surface area contributed by atoms with Gasteiger partial charge in [-0.2, -0.15) is 4.98 Å². The zero-order valence-corrected chi connectivity index (χ0v) is 14.3. The maximum Gasteiger partial charge on any atom is 0.266 e. The van der Waals surface area contributed by atoms with Gasteiger partial charge in [-0.05, 0) is 18.6 Å². The molecule has 0 aliphatic carbocycles. The zero-order valence-electron chi connectivity index (χ0n) is 13.5. The maximum atomic E-state index is 11.9. The Morgan fingerprint density at radius 1 is 1.48 bits per heavy atom. The second-order valence-corrected chi connectivity index (χ2v) is 6.05. The van der Waals surface area contributed by atoms with E-state index in [0.717, 1.165) is 6.42 Å². The fraction of sp³-hybridized carbons (Fsp3) is 0.333. The Kier molecular flexibility index (Phi) is 5.51. The minimum absolute atomic E-state index is 0.123. The quantitative estimate of drug-likeness (QED) is 0.452. The molecule has 3 aromatic rings. The molecule has 0 unspecified atom stereocenters. The lowest BCUT2D eigenvalue weighted by Crippen LogP contribution is -2.27. The van der Waals surface area contributed by atoms with Crippen LogP contribution >= 0.6 is 11.8 Å². The van der Waals surface area contributed by atoms with Crippen molar-refractivity contribution in [1.82, 2.24) is 24.9 Å². The van der Waals surface area contributed by atoms with Crippen LogP contribution in [0, 0.1) is 0 Å². The Hall–Kier alpha value is -2.59. The topological polar surface area (TPSA) is 115 Å². The molecule has 1 amide bonds. The third kappa shape index (κ3) is 4.28. The summed E-state index contributed by atoms with van der Waals surface area (Å²) in [5.74, 6) is 0.882. The summed E-state index contributed by atoms with van der Waals surface area (Å²) in [6, 6.07) is 4.82. The Morgan fingerprint density at radius 3 is 3.12 bits per heavy atom. The lowest BCUT2D eigenvalue weighted by Gasteiger charge is -2.07. The number of aromatic amines is 1. The molecule has 3 heterocycles. The van der Waals surface area contributed by atoms with Gasteiger partial charge in [0, 0.05) is 26.3 Å². The van der Waals surface area contributed by atoms with Crippen LogP contribution in [-0.2, 0) is 9.53 Å². The predicted molar refractivity (Wildman–Crippen MR) is 91.5 cm³/mol. The summed E-state index contributed by atoms with van der Waals surface area (Å²) < 4.78 is 11.7. The second kappa shape index (κ2) is 7.99. The van der Waals surface area contributed by atoms with Gasteiger partial charge < -0.3 is 14.5 Å². The van der Waals surface area contributed by atoms with Crippen molar-refractivity contribution < 1.29 is 13.9 Å². The highest BCUT2D eigenvalue weighted by Crippen LogP contribution is 2.21. The van der Waals surface area contributed by atoms with Crippen molar-refractivity contribution in [2.75, 3.05) is 26.0 Å². The number of fused-ring (bicyclic) bond motifs is 1. The van der Waals surface area contributed by atoms with E-state index in [1.807, 2.05) is 0 Å². The number of carbonyl (C=O) groups is 1. The molecular formula is C15H17N5O4S. The molecule has 0 fully saturated rings. The van der Waals surface area contributed by atoms with Gasteiger partial charge in [-0.15, -0.1) is 0 Å². The average molecular weight is 363 g/mol. The highest BCUT2D eigenvalue weighted by atomic mass is 32.2. The summed E-state index contributed by atoms with van der Waals surface area (Å²) in [6.45, 7) is 1.14. The first kappa shape index (κ1) is 17.2. The van der Waals surface area contributed by atoms with Crippen LogP contribution in [0.3, 0.4) is 0 Å². The lowest BCUT2D eigenvalue weighted by molar-refractivity contribution is -0.118. The molecule has 9 nitrogen and oxygen atoms in total. The van der Waals surface area contributed by atoms with E-state index in [2.05, 4.69) is 20.4 Å². The first-order valence-electron chi connectivity index (χ1n) is 7.59. The van der Waals surface area contributed by atoms with Crippen molar-refractivity contribution in [3.63, 3.8) is 0 Å². The number of H-pyrrole nitrogens is 1. The third-order valence-corrected chi connectivity index (χ3v) is 4.18. The summed E-state index contributed by atoms with van der Waals surface area (Å²) in [6.07, 6.45) is 2.27. The zero-order chi connectivity index (χ0) is 17.6. The van der Waals surface area contributed by atoms with Crippen LogP contribution in [0.15, 0.2) is 38.8 Å². The maximum absolute atomic E-state index is 11.9. The number of methoxy groups -OCH3 is 1. The molecule has 132 valence electrons. The summed E-state index contributed by atoms with van der Waals surface area (Å²) in [7, 11) is 1.62. The normalized spacial score (nSPS) is 11.1.